The van der Waals surface area contributed by atoms with Gasteiger partial charge < -0.3 is 9.88 Å². The Hall–Kier alpha value is -2.17. The zero-order valence-electron chi connectivity index (χ0n) is 16.1. The van der Waals surface area contributed by atoms with E-state index in [-0.39, 0.29) is 22.4 Å². The highest BCUT2D eigenvalue weighted by molar-refractivity contribution is 5.97. The average molecular weight is 365 g/mol. The lowest BCUT2D eigenvalue weighted by molar-refractivity contribution is -0.0167. The second kappa shape index (κ2) is 5.91. The SMILES string of the molecule is CCn1cc(C(=O)NC23CC4CC(CC(C4)C2)C3)c(=O)c2ccc(C)nc21. The third-order valence-corrected chi connectivity index (χ3v) is 7.06. The highest BCUT2D eigenvalue weighted by Crippen LogP contribution is 2.55. The molecular weight excluding hydrogens is 338 g/mol. The van der Waals surface area contributed by atoms with Crippen molar-refractivity contribution in [3.05, 3.63) is 39.8 Å². The molecule has 2 aromatic heterocycles. The van der Waals surface area contributed by atoms with Crippen LogP contribution in [0.4, 0.5) is 0 Å². The number of amides is 1. The Balaban J connectivity index is 1.52. The molecule has 142 valence electrons. The van der Waals surface area contributed by atoms with Crippen molar-refractivity contribution in [3.63, 3.8) is 0 Å². The molecule has 0 radical (unpaired) electrons. The number of hydrogen-bond donors (Lipinski definition) is 1. The van der Waals surface area contributed by atoms with Crippen molar-refractivity contribution < 1.29 is 4.79 Å². The molecule has 4 bridgehead atoms. The Labute approximate surface area is 159 Å². The number of hydrogen-bond acceptors (Lipinski definition) is 3. The molecule has 5 nitrogen and oxygen atoms in total. The van der Waals surface area contributed by atoms with Gasteiger partial charge in [0, 0.05) is 24.0 Å². The quantitative estimate of drug-likeness (QED) is 0.906. The van der Waals surface area contributed by atoms with Gasteiger partial charge in [-0.3, -0.25) is 9.59 Å². The van der Waals surface area contributed by atoms with Gasteiger partial charge in [-0.15, -0.1) is 0 Å². The van der Waals surface area contributed by atoms with Gasteiger partial charge in [-0.2, -0.15) is 0 Å². The second-order valence-corrected chi connectivity index (χ2v) is 9.13. The number of aryl methyl sites for hydroxylation is 2. The van der Waals surface area contributed by atoms with E-state index in [4.69, 9.17) is 0 Å². The van der Waals surface area contributed by atoms with Crippen LogP contribution in [0.5, 0.6) is 0 Å². The first-order chi connectivity index (χ1) is 13.0. The van der Waals surface area contributed by atoms with Crippen LogP contribution in [-0.4, -0.2) is 21.0 Å². The summed E-state index contributed by atoms with van der Waals surface area (Å²) in [7, 11) is 0. The minimum absolute atomic E-state index is 0.0875. The fourth-order valence-electron chi connectivity index (χ4n) is 6.33. The third kappa shape index (κ3) is 2.70. The van der Waals surface area contributed by atoms with Crippen LogP contribution < -0.4 is 10.7 Å². The van der Waals surface area contributed by atoms with Crippen molar-refractivity contribution >= 4 is 16.9 Å². The monoisotopic (exact) mass is 365 g/mol. The maximum absolute atomic E-state index is 13.2. The lowest BCUT2D eigenvalue weighted by Crippen LogP contribution is -2.60. The number of pyridine rings is 2. The Kier molecular flexibility index (Phi) is 3.72. The molecule has 4 saturated carbocycles. The molecule has 4 aliphatic rings. The normalized spacial score (nSPS) is 31.4. The van der Waals surface area contributed by atoms with Gasteiger partial charge in [0.25, 0.3) is 5.91 Å². The van der Waals surface area contributed by atoms with Gasteiger partial charge in [0.15, 0.2) is 0 Å². The first kappa shape index (κ1) is 17.0. The van der Waals surface area contributed by atoms with Crippen LogP contribution in [0.1, 0.15) is 61.5 Å². The van der Waals surface area contributed by atoms with E-state index < -0.39 is 0 Å². The second-order valence-electron chi connectivity index (χ2n) is 9.13. The summed E-state index contributed by atoms with van der Waals surface area (Å²) in [6, 6.07) is 3.64. The third-order valence-electron chi connectivity index (χ3n) is 7.06. The van der Waals surface area contributed by atoms with Crippen LogP contribution in [0, 0.1) is 24.7 Å². The summed E-state index contributed by atoms with van der Waals surface area (Å²) >= 11 is 0. The first-order valence-electron chi connectivity index (χ1n) is 10.3. The fourth-order valence-corrected chi connectivity index (χ4v) is 6.33. The number of fused-ring (bicyclic) bond motifs is 1. The van der Waals surface area contributed by atoms with E-state index in [1.165, 1.54) is 19.3 Å². The van der Waals surface area contributed by atoms with E-state index in [2.05, 4.69) is 10.3 Å². The highest BCUT2D eigenvalue weighted by Gasteiger charge is 2.51. The molecule has 4 aliphatic carbocycles. The van der Waals surface area contributed by atoms with Gasteiger partial charge in [0.1, 0.15) is 11.2 Å². The topological polar surface area (TPSA) is 64.0 Å². The summed E-state index contributed by atoms with van der Waals surface area (Å²) < 4.78 is 1.92. The summed E-state index contributed by atoms with van der Waals surface area (Å²) in [5, 5.41) is 3.86. The molecule has 4 fully saturated rings. The molecule has 0 saturated heterocycles. The van der Waals surface area contributed by atoms with Crippen LogP contribution in [0.15, 0.2) is 23.1 Å². The number of carbonyl (C=O) groups is 1. The minimum Gasteiger partial charge on any atom is -0.346 e. The molecule has 0 aliphatic heterocycles. The molecule has 27 heavy (non-hydrogen) atoms. The zero-order valence-corrected chi connectivity index (χ0v) is 16.1. The van der Waals surface area contributed by atoms with Gasteiger partial charge in [-0.25, -0.2) is 4.98 Å². The number of carbonyl (C=O) groups excluding carboxylic acids is 1. The van der Waals surface area contributed by atoms with E-state index in [1.807, 2.05) is 24.5 Å². The van der Waals surface area contributed by atoms with Crippen molar-refractivity contribution in [1.29, 1.82) is 0 Å². The van der Waals surface area contributed by atoms with Gasteiger partial charge in [0.05, 0.1) is 5.39 Å². The zero-order chi connectivity index (χ0) is 18.8. The van der Waals surface area contributed by atoms with Gasteiger partial charge in [-0.1, -0.05) is 0 Å². The smallest absolute Gasteiger partial charge is 0.257 e. The van der Waals surface area contributed by atoms with Crippen molar-refractivity contribution in [2.75, 3.05) is 0 Å². The van der Waals surface area contributed by atoms with Gasteiger partial charge >= 0.3 is 0 Å². The van der Waals surface area contributed by atoms with Crippen LogP contribution in [0.25, 0.3) is 11.0 Å². The van der Waals surface area contributed by atoms with E-state index in [0.717, 1.165) is 42.7 Å². The van der Waals surface area contributed by atoms with Gasteiger partial charge in [0.2, 0.25) is 5.43 Å². The minimum atomic E-state index is -0.204. The molecule has 0 aromatic carbocycles. The van der Waals surface area contributed by atoms with E-state index >= 15 is 0 Å². The Morgan fingerprint density at radius 3 is 2.41 bits per heavy atom. The van der Waals surface area contributed by atoms with Crippen molar-refractivity contribution in [2.24, 2.45) is 17.8 Å². The van der Waals surface area contributed by atoms with Crippen molar-refractivity contribution in [3.8, 4) is 0 Å². The molecular formula is C22H27N3O2. The fraction of sp³-hybridized carbons (Fsp3) is 0.591. The Bertz CT molecular complexity index is 956. The first-order valence-corrected chi connectivity index (χ1v) is 10.3. The summed E-state index contributed by atoms with van der Waals surface area (Å²) in [6.45, 7) is 4.59. The number of nitrogens with zero attached hydrogens (tertiary/aromatic N) is 2. The molecule has 0 atom stereocenters. The summed E-state index contributed by atoms with van der Waals surface area (Å²) in [4.78, 5) is 30.7. The largest absolute Gasteiger partial charge is 0.346 e. The molecule has 0 spiro atoms. The van der Waals surface area contributed by atoms with Gasteiger partial charge in [-0.05, 0) is 82.3 Å². The Morgan fingerprint density at radius 1 is 1.19 bits per heavy atom. The Morgan fingerprint density at radius 2 is 1.81 bits per heavy atom. The van der Waals surface area contributed by atoms with E-state index in [1.54, 1.807) is 12.3 Å². The molecule has 1 amide bonds. The van der Waals surface area contributed by atoms with Crippen molar-refractivity contribution in [2.45, 2.75) is 64.5 Å². The van der Waals surface area contributed by atoms with E-state index in [0.29, 0.717) is 17.6 Å². The molecule has 1 N–H and O–H groups in total. The van der Waals surface area contributed by atoms with Crippen LogP contribution in [0.2, 0.25) is 0 Å². The maximum Gasteiger partial charge on any atom is 0.257 e. The van der Waals surface area contributed by atoms with Crippen LogP contribution in [0.3, 0.4) is 0 Å². The molecule has 0 unspecified atom stereocenters. The molecule has 6 rings (SSSR count). The molecule has 5 heteroatoms. The molecule has 2 aromatic rings. The number of rotatable bonds is 3. The van der Waals surface area contributed by atoms with E-state index in [9.17, 15) is 9.59 Å². The van der Waals surface area contributed by atoms with Crippen molar-refractivity contribution in [1.82, 2.24) is 14.9 Å². The predicted octanol–water partition coefficient (Wildman–Crippen LogP) is 3.42. The molecule has 2 heterocycles. The summed E-state index contributed by atoms with van der Waals surface area (Å²) in [5.41, 5.74) is 1.49. The standard InChI is InChI=1S/C22H27N3O2/c1-3-25-12-18(19(26)17-5-4-13(2)23-20(17)25)21(27)24-22-9-14-6-15(10-22)8-16(7-14)11-22/h4-5,12,14-16H,3,6-11H2,1-2H3,(H,24,27). The average Bonchev–Trinajstić information content (AvgIpc) is 2.60. The van der Waals surface area contributed by atoms with Crippen LogP contribution >= 0.6 is 0 Å². The number of aromatic nitrogens is 2. The van der Waals surface area contributed by atoms with Crippen LogP contribution in [-0.2, 0) is 6.54 Å². The lowest BCUT2D eigenvalue weighted by atomic mass is 9.53. The summed E-state index contributed by atoms with van der Waals surface area (Å²) in [5.74, 6) is 2.07. The summed E-state index contributed by atoms with van der Waals surface area (Å²) in [6.07, 6.45) is 8.95. The highest BCUT2D eigenvalue weighted by atomic mass is 16.2. The lowest BCUT2D eigenvalue weighted by Gasteiger charge is -2.56. The predicted molar refractivity (Wildman–Crippen MR) is 105 cm³/mol. The maximum atomic E-state index is 13.2. The number of nitrogens with one attached hydrogen (secondary N) is 1.